The Balaban J connectivity index is 1.40. The Labute approximate surface area is 153 Å². The quantitative estimate of drug-likeness (QED) is 0.807. The fraction of sp³-hybridized carbons (Fsp3) is 0.409. The van der Waals surface area contributed by atoms with Crippen molar-refractivity contribution in [3.8, 4) is 5.75 Å². The molecule has 3 nitrogen and oxygen atoms in total. The first-order valence-corrected chi connectivity index (χ1v) is 9.41. The smallest absolute Gasteiger partial charge is 0.233 e. The van der Waals surface area contributed by atoms with E-state index in [1.165, 1.54) is 12.1 Å². The third-order valence-electron chi connectivity index (χ3n) is 5.57. The minimum atomic E-state index is -0.496. The van der Waals surface area contributed by atoms with Crippen molar-refractivity contribution >= 4 is 5.91 Å². The van der Waals surface area contributed by atoms with Gasteiger partial charge in [-0.3, -0.25) is 4.79 Å². The van der Waals surface area contributed by atoms with Gasteiger partial charge in [0.2, 0.25) is 5.91 Å². The summed E-state index contributed by atoms with van der Waals surface area (Å²) in [6, 6.07) is 16.3. The summed E-state index contributed by atoms with van der Waals surface area (Å²) in [7, 11) is 0. The Kier molecular flexibility index (Phi) is 4.66. The van der Waals surface area contributed by atoms with Gasteiger partial charge in [-0.15, -0.1) is 0 Å². The Bertz CT molecular complexity index is 773. The van der Waals surface area contributed by atoms with E-state index >= 15 is 0 Å². The molecule has 0 aromatic heterocycles. The Morgan fingerprint density at radius 3 is 2.69 bits per heavy atom. The van der Waals surface area contributed by atoms with Crippen LogP contribution in [0.4, 0.5) is 4.39 Å². The number of carbonyl (C=O) groups excluding carboxylic acids is 1. The highest BCUT2D eigenvalue weighted by atomic mass is 19.1. The van der Waals surface area contributed by atoms with Crippen LogP contribution in [0.5, 0.6) is 5.75 Å². The predicted molar refractivity (Wildman–Crippen MR) is 98.6 cm³/mol. The van der Waals surface area contributed by atoms with Crippen LogP contribution in [0.2, 0.25) is 0 Å². The van der Waals surface area contributed by atoms with E-state index in [0.29, 0.717) is 12.5 Å². The standard InChI is InChI=1S/C22H24FNO2/c23-19-8-4-7-18(14-19)22(11-12-22)21(25)24-13-5-6-17(15-24)16-26-20-9-2-1-3-10-20/h1-4,7-10,14,17H,5-6,11-13,15-16H2. The number of halogens is 1. The van der Waals surface area contributed by atoms with Crippen LogP contribution in [-0.4, -0.2) is 30.5 Å². The third kappa shape index (κ3) is 3.46. The molecule has 0 bridgehead atoms. The second kappa shape index (κ2) is 7.10. The molecule has 0 spiro atoms. The van der Waals surface area contributed by atoms with Crippen molar-refractivity contribution in [3.63, 3.8) is 0 Å². The molecule has 4 heteroatoms. The molecule has 1 saturated carbocycles. The maximum absolute atomic E-state index is 13.6. The van der Waals surface area contributed by atoms with Gasteiger partial charge in [0.25, 0.3) is 0 Å². The van der Waals surface area contributed by atoms with E-state index in [1.54, 1.807) is 6.07 Å². The molecule has 4 rings (SSSR count). The third-order valence-corrected chi connectivity index (χ3v) is 5.57. The van der Waals surface area contributed by atoms with Gasteiger partial charge in [0, 0.05) is 19.0 Å². The lowest BCUT2D eigenvalue weighted by atomic mass is 9.91. The number of piperidine rings is 1. The van der Waals surface area contributed by atoms with E-state index < -0.39 is 5.41 Å². The summed E-state index contributed by atoms with van der Waals surface area (Å²) in [5.41, 5.74) is 0.328. The summed E-state index contributed by atoms with van der Waals surface area (Å²) in [6.07, 6.45) is 3.70. The topological polar surface area (TPSA) is 29.5 Å². The summed E-state index contributed by atoms with van der Waals surface area (Å²) < 4.78 is 19.5. The fourth-order valence-corrected chi connectivity index (χ4v) is 3.96. The van der Waals surface area contributed by atoms with Gasteiger partial charge in [-0.05, 0) is 55.5 Å². The number of hydrogen-bond donors (Lipinski definition) is 0. The van der Waals surface area contributed by atoms with Crippen LogP contribution in [0.25, 0.3) is 0 Å². The summed E-state index contributed by atoms with van der Waals surface area (Å²) in [4.78, 5) is 15.1. The largest absolute Gasteiger partial charge is 0.493 e. The monoisotopic (exact) mass is 353 g/mol. The van der Waals surface area contributed by atoms with Crippen molar-refractivity contribution in [2.24, 2.45) is 5.92 Å². The van der Waals surface area contributed by atoms with E-state index in [-0.39, 0.29) is 11.7 Å². The van der Waals surface area contributed by atoms with Gasteiger partial charge in [0.15, 0.2) is 0 Å². The molecule has 1 aliphatic heterocycles. The first kappa shape index (κ1) is 17.1. The van der Waals surface area contributed by atoms with E-state index in [9.17, 15) is 9.18 Å². The van der Waals surface area contributed by atoms with Gasteiger partial charge < -0.3 is 9.64 Å². The molecule has 0 radical (unpaired) electrons. The van der Waals surface area contributed by atoms with Gasteiger partial charge in [-0.25, -0.2) is 4.39 Å². The zero-order valence-corrected chi connectivity index (χ0v) is 14.9. The maximum Gasteiger partial charge on any atom is 0.233 e. The molecule has 2 fully saturated rings. The number of para-hydroxylation sites is 1. The first-order valence-electron chi connectivity index (χ1n) is 9.41. The molecular formula is C22H24FNO2. The summed E-state index contributed by atoms with van der Waals surface area (Å²) in [6.45, 7) is 2.14. The molecular weight excluding hydrogens is 329 g/mol. The SMILES string of the molecule is O=C(N1CCCC(COc2ccccc2)C1)C1(c2cccc(F)c2)CC1. The number of benzene rings is 2. The van der Waals surface area contributed by atoms with Crippen LogP contribution in [0.3, 0.4) is 0 Å². The van der Waals surface area contributed by atoms with Crippen molar-refractivity contribution in [3.05, 3.63) is 66.0 Å². The van der Waals surface area contributed by atoms with Crippen molar-refractivity contribution in [1.29, 1.82) is 0 Å². The molecule has 2 aliphatic rings. The van der Waals surface area contributed by atoms with Crippen molar-refractivity contribution < 1.29 is 13.9 Å². The van der Waals surface area contributed by atoms with Gasteiger partial charge in [0.1, 0.15) is 11.6 Å². The predicted octanol–water partition coefficient (Wildman–Crippen LogP) is 4.17. The molecule has 2 aromatic carbocycles. The molecule has 0 N–H and O–H groups in total. The second-order valence-electron chi connectivity index (χ2n) is 7.48. The van der Waals surface area contributed by atoms with Crippen LogP contribution < -0.4 is 4.74 Å². The van der Waals surface area contributed by atoms with Crippen molar-refractivity contribution in [2.45, 2.75) is 31.1 Å². The fourth-order valence-electron chi connectivity index (χ4n) is 3.96. The number of ether oxygens (including phenoxy) is 1. The van der Waals surface area contributed by atoms with Gasteiger partial charge in [0.05, 0.1) is 12.0 Å². The van der Waals surface area contributed by atoms with E-state index in [0.717, 1.165) is 50.1 Å². The minimum Gasteiger partial charge on any atom is -0.493 e. The molecule has 136 valence electrons. The van der Waals surface area contributed by atoms with E-state index in [1.807, 2.05) is 41.3 Å². The number of amides is 1. The number of nitrogens with zero attached hydrogens (tertiary/aromatic N) is 1. The molecule has 1 aliphatic carbocycles. The maximum atomic E-state index is 13.6. The van der Waals surface area contributed by atoms with Crippen molar-refractivity contribution in [1.82, 2.24) is 4.90 Å². The summed E-state index contributed by atoms with van der Waals surface area (Å²) in [5.74, 6) is 1.10. The molecule has 1 saturated heterocycles. The number of hydrogen-bond acceptors (Lipinski definition) is 2. The normalized spacial score (nSPS) is 21.3. The Hall–Kier alpha value is -2.36. The van der Waals surface area contributed by atoms with Crippen LogP contribution in [0.15, 0.2) is 54.6 Å². The molecule has 1 unspecified atom stereocenters. The number of likely N-dealkylation sites (tertiary alicyclic amines) is 1. The van der Waals surface area contributed by atoms with Crippen LogP contribution in [-0.2, 0) is 10.2 Å². The minimum absolute atomic E-state index is 0.160. The first-order chi connectivity index (χ1) is 12.7. The second-order valence-corrected chi connectivity index (χ2v) is 7.48. The van der Waals surface area contributed by atoms with E-state index in [4.69, 9.17) is 4.74 Å². The van der Waals surface area contributed by atoms with Crippen LogP contribution >= 0.6 is 0 Å². The zero-order chi connectivity index (χ0) is 18.0. The average molecular weight is 353 g/mol. The lowest BCUT2D eigenvalue weighted by Crippen LogP contribution is -2.46. The van der Waals surface area contributed by atoms with E-state index in [2.05, 4.69) is 0 Å². The highest BCUT2D eigenvalue weighted by Gasteiger charge is 2.53. The zero-order valence-electron chi connectivity index (χ0n) is 14.9. The van der Waals surface area contributed by atoms with Crippen LogP contribution in [0.1, 0.15) is 31.2 Å². The molecule has 1 heterocycles. The Morgan fingerprint density at radius 2 is 1.96 bits per heavy atom. The van der Waals surface area contributed by atoms with Crippen molar-refractivity contribution in [2.75, 3.05) is 19.7 Å². The van der Waals surface area contributed by atoms with Crippen LogP contribution in [0, 0.1) is 11.7 Å². The average Bonchev–Trinajstić information content (AvgIpc) is 3.49. The van der Waals surface area contributed by atoms with Gasteiger partial charge >= 0.3 is 0 Å². The van der Waals surface area contributed by atoms with Gasteiger partial charge in [-0.2, -0.15) is 0 Å². The molecule has 1 atom stereocenters. The van der Waals surface area contributed by atoms with Gasteiger partial charge in [-0.1, -0.05) is 30.3 Å². The summed E-state index contributed by atoms with van der Waals surface area (Å²) >= 11 is 0. The molecule has 26 heavy (non-hydrogen) atoms. The molecule has 1 amide bonds. The molecule has 2 aromatic rings. The highest BCUT2D eigenvalue weighted by Crippen LogP contribution is 2.50. The number of carbonyl (C=O) groups is 1. The lowest BCUT2D eigenvalue weighted by Gasteiger charge is -2.35. The highest BCUT2D eigenvalue weighted by molar-refractivity contribution is 5.91. The lowest BCUT2D eigenvalue weighted by molar-refractivity contribution is -0.136. The summed E-state index contributed by atoms with van der Waals surface area (Å²) in [5, 5.41) is 0. The Morgan fingerprint density at radius 1 is 1.15 bits per heavy atom. The number of rotatable bonds is 5.